The van der Waals surface area contributed by atoms with Gasteiger partial charge in [-0.1, -0.05) is 5.16 Å². The van der Waals surface area contributed by atoms with Crippen molar-refractivity contribution in [2.45, 2.75) is 19.3 Å². The molecule has 11 heteroatoms. The summed E-state index contributed by atoms with van der Waals surface area (Å²) in [7, 11) is -3.35. The average Bonchev–Trinajstić information content (AvgIpc) is 3.36. The Hall–Kier alpha value is -2.27. The molecule has 0 aliphatic carbocycles. The van der Waals surface area contributed by atoms with Crippen LogP contribution in [0.25, 0.3) is 0 Å². The number of aromatic nitrogens is 3. The number of aryl methyl sites for hydroxylation is 1. The summed E-state index contributed by atoms with van der Waals surface area (Å²) in [5.74, 6) is 0.504. The summed E-state index contributed by atoms with van der Waals surface area (Å²) in [4.78, 5) is 22.6. The van der Waals surface area contributed by atoms with Crippen molar-refractivity contribution in [2.24, 2.45) is 5.92 Å². The molecule has 0 radical (unpaired) electrons. The predicted octanol–water partition coefficient (Wildman–Crippen LogP) is 0.0413. The van der Waals surface area contributed by atoms with Crippen LogP contribution in [0, 0.1) is 12.8 Å². The van der Waals surface area contributed by atoms with Crippen LogP contribution in [0.5, 0.6) is 0 Å². The second-order valence-electron chi connectivity index (χ2n) is 6.75. The Morgan fingerprint density at radius 3 is 2.81 bits per heavy atom. The number of rotatable bonds is 4. The zero-order valence-electron chi connectivity index (χ0n) is 14.5. The zero-order chi connectivity index (χ0) is 18.5. The highest BCUT2D eigenvalue weighted by Gasteiger charge is 2.59. The monoisotopic (exact) mass is 381 g/mol. The molecule has 2 aliphatic heterocycles. The van der Waals surface area contributed by atoms with Crippen molar-refractivity contribution >= 4 is 15.9 Å². The third kappa shape index (κ3) is 2.53. The average molecular weight is 381 g/mol. The van der Waals surface area contributed by atoms with E-state index in [0.717, 1.165) is 0 Å². The molecule has 1 amide bonds. The zero-order valence-corrected chi connectivity index (χ0v) is 15.3. The summed E-state index contributed by atoms with van der Waals surface area (Å²) < 4.78 is 36.5. The van der Waals surface area contributed by atoms with Gasteiger partial charge in [-0.25, -0.2) is 17.7 Å². The standard InChI is InChI=1S/C15H19N5O5S/c1-3-26(22,23)20-5-11-4-19(13(21)12-6-24-9-16-12)7-15(11,8-20)14-17-10(2)18-25-14/h6,9,11H,3-5,7-8H2,1-2H3/t11-,15-/m0/s1. The quantitative estimate of drug-likeness (QED) is 0.727. The molecule has 0 aromatic carbocycles. The molecule has 140 valence electrons. The maximum atomic E-state index is 12.7. The summed E-state index contributed by atoms with van der Waals surface area (Å²) >= 11 is 0. The normalized spacial score (nSPS) is 26.4. The first kappa shape index (κ1) is 17.2. The van der Waals surface area contributed by atoms with Crippen LogP contribution in [0.3, 0.4) is 0 Å². The van der Waals surface area contributed by atoms with Gasteiger partial charge in [-0.15, -0.1) is 0 Å². The second kappa shape index (κ2) is 5.88. The van der Waals surface area contributed by atoms with E-state index in [4.69, 9.17) is 8.94 Å². The van der Waals surface area contributed by atoms with Crippen molar-refractivity contribution < 1.29 is 22.2 Å². The molecule has 26 heavy (non-hydrogen) atoms. The van der Waals surface area contributed by atoms with Crippen LogP contribution < -0.4 is 0 Å². The Bertz CT molecular complexity index is 924. The molecular weight excluding hydrogens is 362 g/mol. The molecule has 2 saturated heterocycles. The molecule has 2 aromatic heterocycles. The summed E-state index contributed by atoms with van der Waals surface area (Å²) in [5, 5.41) is 3.86. The number of carbonyl (C=O) groups excluding carboxylic acids is 1. The Labute approximate surface area is 150 Å². The lowest BCUT2D eigenvalue weighted by atomic mass is 9.81. The SMILES string of the molecule is CCS(=O)(=O)N1C[C@@H]2CN(C(=O)c3cocn3)C[C@]2(c2nc(C)no2)C1. The number of hydrogen-bond acceptors (Lipinski definition) is 8. The molecule has 2 aliphatic rings. The Morgan fingerprint density at radius 1 is 1.38 bits per heavy atom. The molecule has 2 fully saturated rings. The molecule has 0 spiro atoms. The van der Waals surface area contributed by atoms with Gasteiger partial charge in [0.05, 0.1) is 11.2 Å². The van der Waals surface area contributed by atoms with E-state index >= 15 is 0 Å². The maximum Gasteiger partial charge on any atom is 0.275 e. The first-order chi connectivity index (χ1) is 12.4. The van der Waals surface area contributed by atoms with Crippen molar-refractivity contribution in [3.8, 4) is 0 Å². The van der Waals surface area contributed by atoms with E-state index < -0.39 is 15.4 Å². The van der Waals surface area contributed by atoms with E-state index in [1.54, 1.807) is 18.7 Å². The smallest absolute Gasteiger partial charge is 0.275 e. The number of amides is 1. The summed E-state index contributed by atoms with van der Waals surface area (Å²) in [6.07, 6.45) is 2.50. The number of likely N-dealkylation sites (tertiary alicyclic amines) is 1. The topological polar surface area (TPSA) is 123 Å². The van der Waals surface area contributed by atoms with Gasteiger partial charge in [0.2, 0.25) is 15.9 Å². The van der Waals surface area contributed by atoms with Crippen molar-refractivity contribution in [1.82, 2.24) is 24.3 Å². The molecule has 0 bridgehead atoms. The molecule has 0 saturated carbocycles. The third-order valence-electron chi connectivity index (χ3n) is 5.23. The fourth-order valence-corrected chi connectivity index (χ4v) is 5.05. The molecular formula is C15H19N5O5S. The molecule has 2 atom stereocenters. The van der Waals surface area contributed by atoms with Gasteiger partial charge in [0.1, 0.15) is 6.26 Å². The van der Waals surface area contributed by atoms with E-state index in [9.17, 15) is 13.2 Å². The highest BCUT2D eigenvalue weighted by molar-refractivity contribution is 7.89. The number of carbonyl (C=O) groups is 1. The number of nitrogens with zero attached hydrogens (tertiary/aromatic N) is 5. The van der Waals surface area contributed by atoms with E-state index in [1.165, 1.54) is 17.0 Å². The van der Waals surface area contributed by atoms with E-state index in [-0.39, 0.29) is 29.8 Å². The molecule has 4 heterocycles. The predicted molar refractivity (Wildman–Crippen MR) is 87.6 cm³/mol. The number of fused-ring (bicyclic) bond motifs is 1. The van der Waals surface area contributed by atoms with Crippen LogP contribution in [-0.4, -0.2) is 70.6 Å². The number of oxazole rings is 1. The van der Waals surface area contributed by atoms with Gasteiger partial charge in [0.25, 0.3) is 5.91 Å². The van der Waals surface area contributed by atoms with Crippen LogP contribution in [-0.2, 0) is 15.4 Å². The number of sulfonamides is 1. The maximum absolute atomic E-state index is 12.7. The van der Waals surface area contributed by atoms with Crippen molar-refractivity contribution in [2.75, 3.05) is 31.9 Å². The van der Waals surface area contributed by atoms with Gasteiger partial charge in [0.15, 0.2) is 17.9 Å². The van der Waals surface area contributed by atoms with E-state index in [1.807, 2.05) is 0 Å². The van der Waals surface area contributed by atoms with Crippen LogP contribution in [0.2, 0.25) is 0 Å². The Balaban J connectivity index is 1.68. The van der Waals surface area contributed by atoms with Gasteiger partial charge in [0, 0.05) is 32.1 Å². The van der Waals surface area contributed by atoms with Gasteiger partial charge in [-0.3, -0.25) is 4.79 Å². The van der Waals surface area contributed by atoms with Crippen LogP contribution in [0.15, 0.2) is 21.6 Å². The third-order valence-corrected chi connectivity index (χ3v) is 7.02. The van der Waals surface area contributed by atoms with Gasteiger partial charge >= 0.3 is 0 Å². The van der Waals surface area contributed by atoms with Crippen LogP contribution >= 0.6 is 0 Å². The lowest BCUT2D eigenvalue weighted by Gasteiger charge is -2.25. The van der Waals surface area contributed by atoms with E-state index in [2.05, 4.69) is 15.1 Å². The lowest BCUT2D eigenvalue weighted by Crippen LogP contribution is -2.41. The Morgan fingerprint density at radius 2 is 2.19 bits per heavy atom. The second-order valence-corrected chi connectivity index (χ2v) is 9.01. The fraction of sp³-hybridized carbons (Fsp3) is 0.600. The van der Waals surface area contributed by atoms with Crippen LogP contribution in [0.4, 0.5) is 0 Å². The first-order valence-corrected chi connectivity index (χ1v) is 9.93. The minimum Gasteiger partial charge on any atom is -0.451 e. The fourth-order valence-electron chi connectivity index (χ4n) is 3.85. The molecule has 0 N–H and O–H groups in total. The largest absolute Gasteiger partial charge is 0.451 e. The highest BCUT2D eigenvalue weighted by atomic mass is 32.2. The van der Waals surface area contributed by atoms with Gasteiger partial charge < -0.3 is 13.8 Å². The summed E-state index contributed by atoms with van der Waals surface area (Å²) in [6, 6.07) is 0. The van der Waals surface area contributed by atoms with Crippen molar-refractivity contribution in [3.05, 3.63) is 30.1 Å². The number of hydrogen-bond donors (Lipinski definition) is 0. The minimum absolute atomic E-state index is 0.0280. The summed E-state index contributed by atoms with van der Waals surface area (Å²) in [6.45, 7) is 4.55. The van der Waals surface area contributed by atoms with Crippen LogP contribution in [0.1, 0.15) is 29.1 Å². The highest BCUT2D eigenvalue weighted by Crippen LogP contribution is 2.45. The minimum atomic E-state index is -3.35. The molecule has 0 unspecified atom stereocenters. The first-order valence-electron chi connectivity index (χ1n) is 8.32. The van der Waals surface area contributed by atoms with Gasteiger partial charge in [-0.05, 0) is 13.8 Å². The molecule has 2 aromatic rings. The van der Waals surface area contributed by atoms with Gasteiger partial charge in [-0.2, -0.15) is 4.98 Å². The lowest BCUT2D eigenvalue weighted by molar-refractivity contribution is 0.0767. The van der Waals surface area contributed by atoms with E-state index in [0.29, 0.717) is 31.3 Å². The molecule has 10 nitrogen and oxygen atoms in total. The van der Waals surface area contributed by atoms with Crippen molar-refractivity contribution in [1.29, 1.82) is 0 Å². The molecule has 4 rings (SSSR count). The Kier molecular flexibility index (Phi) is 3.88. The van der Waals surface area contributed by atoms with Crippen molar-refractivity contribution in [3.63, 3.8) is 0 Å². The summed E-state index contributed by atoms with van der Waals surface area (Å²) in [5.41, 5.74) is -0.483.